The Kier molecular flexibility index (Phi) is 5.12. The van der Waals surface area contributed by atoms with Crippen LogP contribution in [0, 0.1) is 13.8 Å². The maximum Gasteiger partial charge on any atom is 0.180 e. The van der Waals surface area contributed by atoms with Gasteiger partial charge in [-0.3, -0.25) is 9.78 Å². The summed E-state index contributed by atoms with van der Waals surface area (Å²) in [5.74, 6) is 0.105. The fourth-order valence-corrected chi connectivity index (χ4v) is 4.41. The molecule has 2 aromatic heterocycles. The molecule has 3 heterocycles. The SMILES string of the molecule is CCC(=O)c1cc(N2CCCCC2)c2c(C)c(-c3ccncc3)c(C)cc2n1. The second-order valence-electron chi connectivity index (χ2n) is 7.67. The molecule has 0 amide bonds. The van der Waals surface area contributed by atoms with E-state index in [0.717, 1.165) is 24.3 Å². The highest BCUT2D eigenvalue weighted by Gasteiger charge is 2.21. The number of aromatic nitrogens is 2. The number of ketones is 1. The summed E-state index contributed by atoms with van der Waals surface area (Å²) in [6.07, 6.45) is 7.83. The molecule has 0 N–H and O–H groups in total. The van der Waals surface area contributed by atoms with Gasteiger partial charge in [-0.15, -0.1) is 0 Å². The van der Waals surface area contributed by atoms with Crippen LogP contribution in [0.4, 0.5) is 5.69 Å². The monoisotopic (exact) mass is 373 g/mol. The van der Waals surface area contributed by atoms with Crippen molar-refractivity contribution in [2.24, 2.45) is 0 Å². The summed E-state index contributed by atoms with van der Waals surface area (Å²) in [5, 5.41) is 1.17. The third kappa shape index (κ3) is 3.28. The molecule has 0 spiro atoms. The third-order valence-corrected chi connectivity index (χ3v) is 5.80. The van der Waals surface area contributed by atoms with Gasteiger partial charge in [0.2, 0.25) is 0 Å². The minimum atomic E-state index is 0.105. The average molecular weight is 374 g/mol. The lowest BCUT2D eigenvalue weighted by molar-refractivity contribution is 0.0983. The summed E-state index contributed by atoms with van der Waals surface area (Å²) < 4.78 is 0. The number of hydrogen-bond acceptors (Lipinski definition) is 4. The predicted molar refractivity (Wildman–Crippen MR) is 115 cm³/mol. The number of Topliss-reactive ketones (excluding diaryl/α,β-unsaturated/α-hetero) is 1. The first-order chi connectivity index (χ1) is 13.6. The van der Waals surface area contributed by atoms with Crippen LogP contribution in [-0.2, 0) is 0 Å². The Balaban J connectivity index is 2.01. The number of carbonyl (C=O) groups excluding carboxylic acids is 1. The van der Waals surface area contributed by atoms with Crippen LogP contribution < -0.4 is 4.90 Å². The molecule has 1 aliphatic rings. The van der Waals surface area contributed by atoms with E-state index in [1.54, 1.807) is 0 Å². The van der Waals surface area contributed by atoms with Crippen LogP contribution in [0.3, 0.4) is 0 Å². The van der Waals surface area contributed by atoms with Crippen LogP contribution in [0.1, 0.15) is 54.2 Å². The largest absolute Gasteiger partial charge is 0.371 e. The molecule has 1 fully saturated rings. The number of benzene rings is 1. The normalized spacial score (nSPS) is 14.5. The Labute approximate surface area is 166 Å². The fraction of sp³-hybridized carbons (Fsp3) is 0.375. The number of piperidine rings is 1. The quantitative estimate of drug-likeness (QED) is 0.567. The van der Waals surface area contributed by atoms with Gasteiger partial charge in [-0.1, -0.05) is 6.92 Å². The van der Waals surface area contributed by atoms with Crippen molar-refractivity contribution in [2.75, 3.05) is 18.0 Å². The molecule has 1 saturated heterocycles. The first-order valence-electron chi connectivity index (χ1n) is 10.2. The zero-order chi connectivity index (χ0) is 19.7. The number of carbonyl (C=O) groups is 1. The predicted octanol–water partition coefficient (Wildman–Crippen LogP) is 5.50. The Morgan fingerprint density at radius 2 is 1.79 bits per heavy atom. The molecule has 0 atom stereocenters. The molecule has 3 aromatic rings. The van der Waals surface area contributed by atoms with Gasteiger partial charge in [0.05, 0.1) is 5.52 Å². The van der Waals surface area contributed by atoms with E-state index in [4.69, 9.17) is 4.98 Å². The number of aryl methyl sites for hydroxylation is 2. The van der Waals surface area contributed by atoms with E-state index in [9.17, 15) is 4.79 Å². The van der Waals surface area contributed by atoms with E-state index in [0.29, 0.717) is 12.1 Å². The molecule has 0 radical (unpaired) electrons. The summed E-state index contributed by atoms with van der Waals surface area (Å²) in [6.45, 7) is 8.28. The van der Waals surface area contributed by atoms with E-state index >= 15 is 0 Å². The van der Waals surface area contributed by atoms with E-state index in [1.807, 2.05) is 25.4 Å². The summed E-state index contributed by atoms with van der Waals surface area (Å²) in [4.78, 5) is 23.8. The lowest BCUT2D eigenvalue weighted by atomic mass is 9.91. The van der Waals surface area contributed by atoms with Gasteiger partial charge >= 0.3 is 0 Å². The summed E-state index contributed by atoms with van der Waals surface area (Å²) in [7, 11) is 0. The highest BCUT2D eigenvalue weighted by Crippen LogP contribution is 2.38. The highest BCUT2D eigenvalue weighted by molar-refractivity contribution is 6.04. The molecule has 1 aromatic carbocycles. The fourth-order valence-electron chi connectivity index (χ4n) is 4.41. The van der Waals surface area contributed by atoms with Crippen molar-refractivity contribution in [3.63, 3.8) is 0 Å². The van der Waals surface area contributed by atoms with Crippen molar-refractivity contribution in [2.45, 2.75) is 46.5 Å². The van der Waals surface area contributed by atoms with E-state index in [-0.39, 0.29) is 5.78 Å². The average Bonchev–Trinajstić information content (AvgIpc) is 2.73. The van der Waals surface area contributed by atoms with Crippen molar-refractivity contribution < 1.29 is 4.79 Å². The first-order valence-corrected chi connectivity index (χ1v) is 10.2. The van der Waals surface area contributed by atoms with E-state index in [1.165, 1.54) is 46.9 Å². The molecule has 0 saturated carbocycles. The van der Waals surface area contributed by atoms with Crippen molar-refractivity contribution >= 4 is 22.4 Å². The maximum atomic E-state index is 12.5. The van der Waals surface area contributed by atoms with Gasteiger partial charge in [0, 0.05) is 43.0 Å². The summed E-state index contributed by atoms with van der Waals surface area (Å²) in [6, 6.07) is 8.28. The number of pyridine rings is 2. The van der Waals surface area contributed by atoms with Gasteiger partial charge in [-0.25, -0.2) is 4.98 Å². The minimum Gasteiger partial charge on any atom is -0.371 e. The Morgan fingerprint density at radius 3 is 2.46 bits per heavy atom. The molecule has 1 aliphatic heterocycles. The van der Waals surface area contributed by atoms with Crippen LogP contribution in [0.25, 0.3) is 22.0 Å². The van der Waals surface area contributed by atoms with Crippen LogP contribution in [-0.4, -0.2) is 28.8 Å². The van der Waals surface area contributed by atoms with Gasteiger partial charge in [0.1, 0.15) is 5.69 Å². The van der Waals surface area contributed by atoms with Crippen LogP contribution in [0.5, 0.6) is 0 Å². The molecule has 4 rings (SSSR count). The number of rotatable bonds is 4. The third-order valence-electron chi connectivity index (χ3n) is 5.80. The molecule has 4 nitrogen and oxygen atoms in total. The molecule has 144 valence electrons. The standard InChI is InChI=1S/C24H27N3O/c1-4-22(28)19-15-21(27-12-6-5-7-13-27)24-17(3)23(16(2)14-20(24)26-19)18-8-10-25-11-9-18/h8-11,14-15H,4-7,12-13H2,1-3H3. The maximum absolute atomic E-state index is 12.5. The van der Waals surface area contributed by atoms with Gasteiger partial charge in [-0.05, 0) is 79.6 Å². The molecule has 4 heteroatoms. The Bertz CT molecular complexity index is 1020. The molecular formula is C24H27N3O. The summed E-state index contributed by atoms with van der Waals surface area (Å²) >= 11 is 0. The minimum absolute atomic E-state index is 0.105. The Hall–Kier alpha value is -2.75. The molecule has 0 bridgehead atoms. The number of hydrogen-bond donors (Lipinski definition) is 0. The highest BCUT2D eigenvalue weighted by atomic mass is 16.1. The molecule has 0 aliphatic carbocycles. The Morgan fingerprint density at radius 1 is 1.07 bits per heavy atom. The van der Waals surface area contributed by atoms with Crippen molar-refractivity contribution in [3.05, 3.63) is 53.5 Å². The van der Waals surface area contributed by atoms with Gasteiger partial charge < -0.3 is 4.90 Å². The van der Waals surface area contributed by atoms with Gasteiger partial charge in [-0.2, -0.15) is 0 Å². The van der Waals surface area contributed by atoms with E-state index in [2.05, 4.69) is 41.9 Å². The van der Waals surface area contributed by atoms with Crippen LogP contribution in [0.2, 0.25) is 0 Å². The van der Waals surface area contributed by atoms with E-state index < -0.39 is 0 Å². The lowest BCUT2D eigenvalue weighted by Gasteiger charge is -2.31. The van der Waals surface area contributed by atoms with Gasteiger partial charge in [0.25, 0.3) is 0 Å². The summed E-state index contributed by atoms with van der Waals surface area (Å²) in [5.41, 5.74) is 7.49. The zero-order valence-corrected chi connectivity index (χ0v) is 17.0. The number of fused-ring (bicyclic) bond motifs is 1. The first kappa shape index (κ1) is 18.6. The zero-order valence-electron chi connectivity index (χ0n) is 17.0. The second kappa shape index (κ2) is 7.70. The number of anilines is 1. The smallest absolute Gasteiger partial charge is 0.180 e. The topological polar surface area (TPSA) is 46.1 Å². The van der Waals surface area contributed by atoms with Crippen molar-refractivity contribution in [1.82, 2.24) is 9.97 Å². The van der Waals surface area contributed by atoms with Gasteiger partial charge in [0.15, 0.2) is 5.78 Å². The number of nitrogens with zero attached hydrogens (tertiary/aromatic N) is 3. The van der Waals surface area contributed by atoms with Crippen LogP contribution in [0.15, 0.2) is 36.7 Å². The van der Waals surface area contributed by atoms with Crippen molar-refractivity contribution in [3.8, 4) is 11.1 Å². The van der Waals surface area contributed by atoms with Crippen molar-refractivity contribution in [1.29, 1.82) is 0 Å². The molecule has 28 heavy (non-hydrogen) atoms. The molecule has 0 unspecified atom stereocenters. The second-order valence-corrected chi connectivity index (χ2v) is 7.67. The lowest BCUT2D eigenvalue weighted by Crippen LogP contribution is -2.30. The van der Waals surface area contributed by atoms with Crippen LogP contribution >= 0.6 is 0 Å². The molecular weight excluding hydrogens is 346 g/mol.